The van der Waals surface area contributed by atoms with E-state index in [2.05, 4.69) is 16.7 Å². The maximum atomic E-state index is 14.2. The maximum Gasteiger partial charge on any atom is 0.338 e. The molecule has 3 heterocycles. The van der Waals surface area contributed by atoms with Crippen molar-refractivity contribution < 1.29 is 9.53 Å². The SMILES string of the molecule is CCOC(=O)C1=C(c2ccccc2)N=c2s/c(=C\c3c(C)n(C)c4ccccc34)c(=O)n2[C@@H]1c1ccc(Cl)cc1. The van der Waals surface area contributed by atoms with Gasteiger partial charge in [-0.3, -0.25) is 9.36 Å². The van der Waals surface area contributed by atoms with Crippen molar-refractivity contribution in [1.29, 1.82) is 0 Å². The van der Waals surface area contributed by atoms with Gasteiger partial charge in [0, 0.05) is 39.8 Å². The average molecular weight is 568 g/mol. The molecule has 5 aromatic rings. The van der Waals surface area contributed by atoms with Crippen molar-refractivity contribution in [3.63, 3.8) is 0 Å². The van der Waals surface area contributed by atoms with Gasteiger partial charge in [0.15, 0.2) is 4.80 Å². The lowest BCUT2D eigenvalue weighted by Crippen LogP contribution is -2.40. The van der Waals surface area contributed by atoms with Crippen molar-refractivity contribution in [2.45, 2.75) is 19.9 Å². The largest absolute Gasteiger partial charge is 0.463 e. The number of hydrogen-bond donors (Lipinski definition) is 0. The van der Waals surface area contributed by atoms with Gasteiger partial charge in [0.2, 0.25) is 0 Å². The van der Waals surface area contributed by atoms with Crippen LogP contribution in [0.4, 0.5) is 0 Å². The highest BCUT2D eigenvalue weighted by Gasteiger charge is 2.35. The van der Waals surface area contributed by atoms with E-state index in [1.807, 2.05) is 74.6 Å². The van der Waals surface area contributed by atoms with Crippen molar-refractivity contribution in [3.05, 3.63) is 132 Å². The molecule has 0 N–H and O–H groups in total. The zero-order chi connectivity index (χ0) is 28.0. The quantitative estimate of drug-likeness (QED) is 0.268. The van der Waals surface area contributed by atoms with Gasteiger partial charge in [-0.15, -0.1) is 0 Å². The highest BCUT2D eigenvalue weighted by Crippen LogP contribution is 2.35. The molecule has 6 rings (SSSR count). The number of hydrogen-bond acceptors (Lipinski definition) is 5. The maximum absolute atomic E-state index is 14.2. The molecule has 1 atom stereocenters. The molecule has 2 aromatic heterocycles. The number of aromatic nitrogens is 2. The molecule has 0 unspecified atom stereocenters. The van der Waals surface area contributed by atoms with Crippen LogP contribution in [0.5, 0.6) is 0 Å². The van der Waals surface area contributed by atoms with Gasteiger partial charge in [0.25, 0.3) is 5.56 Å². The summed E-state index contributed by atoms with van der Waals surface area (Å²) in [7, 11) is 2.02. The average Bonchev–Trinajstić information content (AvgIpc) is 3.41. The van der Waals surface area contributed by atoms with Gasteiger partial charge in [-0.25, -0.2) is 9.79 Å². The third-order valence-electron chi connectivity index (χ3n) is 7.28. The summed E-state index contributed by atoms with van der Waals surface area (Å²) >= 11 is 7.54. The van der Waals surface area contributed by atoms with Gasteiger partial charge in [0.1, 0.15) is 0 Å². The van der Waals surface area contributed by atoms with Crippen molar-refractivity contribution in [1.82, 2.24) is 9.13 Å². The molecule has 8 heteroatoms. The van der Waals surface area contributed by atoms with Gasteiger partial charge in [-0.2, -0.15) is 0 Å². The summed E-state index contributed by atoms with van der Waals surface area (Å²) in [5, 5.41) is 1.63. The van der Waals surface area contributed by atoms with Gasteiger partial charge in [0.05, 0.1) is 28.5 Å². The summed E-state index contributed by atoms with van der Waals surface area (Å²) in [5.74, 6) is -0.510. The Bertz CT molecular complexity index is 1980. The van der Waals surface area contributed by atoms with E-state index < -0.39 is 12.0 Å². The smallest absolute Gasteiger partial charge is 0.338 e. The number of ether oxygens (including phenoxy) is 1. The molecule has 0 spiro atoms. The second-order valence-electron chi connectivity index (χ2n) is 9.56. The zero-order valence-electron chi connectivity index (χ0n) is 22.2. The highest BCUT2D eigenvalue weighted by atomic mass is 35.5. The minimum absolute atomic E-state index is 0.197. The predicted octanol–water partition coefficient (Wildman–Crippen LogP) is 5.39. The lowest BCUT2D eigenvalue weighted by atomic mass is 9.93. The number of thiazole rings is 1. The molecule has 0 fully saturated rings. The van der Waals surface area contributed by atoms with Crippen LogP contribution < -0.4 is 14.9 Å². The van der Waals surface area contributed by atoms with Crippen LogP contribution in [-0.2, 0) is 16.6 Å². The van der Waals surface area contributed by atoms with Crippen molar-refractivity contribution in [2.24, 2.45) is 12.0 Å². The molecule has 0 saturated carbocycles. The molecule has 40 heavy (non-hydrogen) atoms. The molecule has 1 aliphatic rings. The van der Waals surface area contributed by atoms with E-state index in [1.165, 1.54) is 11.3 Å². The van der Waals surface area contributed by atoms with E-state index in [-0.39, 0.29) is 12.2 Å². The standard InChI is InChI=1S/C32H26ClN3O3S/c1-4-39-31(38)27-28(20-10-6-5-7-11-20)34-32-36(29(27)21-14-16-22(33)17-15-21)30(37)26(40-32)18-24-19(2)35(3)25-13-9-8-12-23(24)25/h5-18,29H,4H2,1-3H3/b26-18-/t29-/m1/s1. The van der Waals surface area contributed by atoms with Crippen molar-refractivity contribution in [3.8, 4) is 0 Å². The van der Waals surface area contributed by atoms with Gasteiger partial charge in [-0.1, -0.05) is 83.6 Å². The topological polar surface area (TPSA) is 65.6 Å². The molecular weight excluding hydrogens is 542 g/mol. The Morgan fingerprint density at radius 3 is 2.48 bits per heavy atom. The predicted molar refractivity (Wildman–Crippen MR) is 160 cm³/mol. The van der Waals surface area contributed by atoms with Crippen LogP contribution in [0.15, 0.2) is 94.2 Å². The molecule has 0 radical (unpaired) electrons. The fourth-order valence-electron chi connectivity index (χ4n) is 5.26. The third kappa shape index (κ3) is 4.31. The van der Waals surface area contributed by atoms with Crippen LogP contribution in [0.25, 0.3) is 22.7 Å². The highest BCUT2D eigenvalue weighted by molar-refractivity contribution is 7.07. The van der Waals surface area contributed by atoms with E-state index in [0.717, 1.165) is 33.3 Å². The summed E-state index contributed by atoms with van der Waals surface area (Å²) in [4.78, 5) is 33.2. The van der Waals surface area contributed by atoms with E-state index >= 15 is 0 Å². The summed E-state index contributed by atoms with van der Waals surface area (Å²) in [6.45, 7) is 4.01. The summed E-state index contributed by atoms with van der Waals surface area (Å²) in [6.07, 6.45) is 1.94. The fourth-order valence-corrected chi connectivity index (χ4v) is 6.37. The Morgan fingerprint density at radius 2 is 1.75 bits per heavy atom. The monoisotopic (exact) mass is 567 g/mol. The second-order valence-corrected chi connectivity index (χ2v) is 11.0. The molecule has 6 nitrogen and oxygen atoms in total. The van der Waals surface area contributed by atoms with Crippen molar-refractivity contribution >= 4 is 51.6 Å². The number of esters is 1. The van der Waals surface area contributed by atoms with Gasteiger partial charge in [-0.05, 0) is 43.7 Å². The Kier molecular flexibility index (Phi) is 6.78. The number of nitrogens with zero attached hydrogens (tertiary/aromatic N) is 3. The van der Waals surface area contributed by atoms with Crippen LogP contribution in [-0.4, -0.2) is 21.7 Å². The number of para-hydroxylation sites is 1. The van der Waals surface area contributed by atoms with Gasteiger partial charge >= 0.3 is 5.97 Å². The number of carbonyl (C=O) groups is 1. The molecule has 0 aliphatic carbocycles. The summed E-state index contributed by atoms with van der Waals surface area (Å²) < 4.78 is 9.80. The van der Waals surface area contributed by atoms with Crippen LogP contribution >= 0.6 is 22.9 Å². The third-order valence-corrected chi connectivity index (χ3v) is 8.52. The molecular formula is C32H26ClN3O3S. The first-order valence-electron chi connectivity index (χ1n) is 13.0. The van der Waals surface area contributed by atoms with E-state index in [4.69, 9.17) is 21.3 Å². The molecule has 3 aromatic carbocycles. The fraction of sp³-hybridized carbons (Fsp3) is 0.156. The molecule has 0 bridgehead atoms. The minimum atomic E-state index is -0.737. The van der Waals surface area contributed by atoms with E-state index in [1.54, 1.807) is 23.6 Å². The lowest BCUT2D eigenvalue weighted by molar-refractivity contribution is -0.138. The number of fused-ring (bicyclic) bond motifs is 2. The first-order valence-corrected chi connectivity index (χ1v) is 14.2. The molecule has 200 valence electrons. The molecule has 0 saturated heterocycles. The lowest BCUT2D eigenvalue weighted by Gasteiger charge is -2.25. The first kappa shape index (κ1) is 26.0. The number of halogens is 1. The van der Waals surface area contributed by atoms with Crippen molar-refractivity contribution in [2.75, 3.05) is 6.61 Å². The zero-order valence-corrected chi connectivity index (χ0v) is 23.8. The normalized spacial score (nSPS) is 15.3. The minimum Gasteiger partial charge on any atom is -0.463 e. The van der Waals surface area contributed by atoms with Crippen LogP contribution in [0.1, 0.15) is 35.3 Å². The number of rotatable bonds is 5. The molecule has 1 aliphatic heterocycles. The number of aryl methyl sites for hydroxylation is 1. The Labute approximate surface area is 239 Å². The second kappa shape index (κ2) is 10.4. The Balaban J connectivity index is 1.67. The van der Waals surface area contributed by atoms with E-state index in [0.29, 0.717) is 25.6 Å². The Morgan fingerprint density at radius 1 is 1.05 bits per heavy atom. The van der Waals surface area contributed by atoms with Crippen LogP contribution in [0, 0.1) is 6.92 Å². The first-order chi connectivity index (χ1) is 19.4. The molecule has 0 amide bonds. The number of carbonyl (C=O) groups excluding carboxylic acids is 1. The van der Waals surface area contributed by atoms with Gasteiger partial charge < -0.3 is 9.30 Å². The number of benzene rings is 3. The Hall–Kier alpha value is -4.20. The van der Waals surface area contributed by atoms with Crippen LogP contribution in [0.2, 0.25) is 5.02 Å². The van der Waals surface area contributed by atoms with E-state index in [9.17, 15) is 9.59 Å². The summed E-state index contributed by atoms with van der Waals surface area (Å²) in [5.41, 5.74) is 5.23. The summed E-state index contributed by atoms with van der Waals surface area (Å²) in [6, 6.07) is 24.1. The van der Waals surface area contributed by atoms with Crippen LogP contribution in [0.3, 0.4) is 0 Å².